The summed E-state index contributed by atoms with van der Waals surface area (Å²) < 4.78 is 27.8. The van der Waals surface area contributed by atoms with E-state index in [2.05, 4.69) is 20.8 Å². The van der Waals surface area contributed by atoms with Crippen molar-refractivity contribution in [3.63, 3.8) is 0 Å². The van der Waals surface area contributed by atoms with Gasteiger partial charge in [-0.25, -0.2) is 13.5 Å². The molecule has 0 radical (unpaired) electrons. The quantitative estimate of drug-likeness (QED) is 0.868. The lowest BCUT2D eigenvalue weighted by molar-refractivity contribution is -0.115. The molecule has 0 saturated heterocycles. The summed E-state index contributed by atoms with van der Waals surface area (Å²) in [4.78, 5) is 11.9. The van der Waals surface area contributed by atoms with Crippen LogP contribution in [0.1, 0.15) is 6.92 Å². The monoisotopic (exact) mass is 299 g/mol. The SMILES string of the molecule is CC(Sc1nnnn1C)C(=O)Nc1cc(F)ccc1F. The molecule has 0 fully saturated rings. The Kier molecular flexibility index (Phi) is 4.28. The minimum absolute atomic E-state index is 0.196. The highest BCUT2D eigenvalue weighted by Crippen LogP contribution is 2.22. The van der Waals surface area contributed by atoms with Gasteiger partial charge in [0.05, 0.1) is 10.9 Å². The maximum Gasteiger partial charge on any atom is 0.237 e. The maximum atomic E-state index is 13.4. The molecule has 20 heavy (non-hydrogen) atoms. The van der Waals surface area contributed by atoms with E-state index in [1.807, 2.05) is 0 Å². The highest BCUT2D eigenvalue weighted by Gasteiger charge is 2.19. The summed E-state index contributed by atoms with van der Waals surface area (Å²) >= 11 is 1.11. The summed E-state index contributed by atoms with van der Waals surface area (Å²) in [5, 5.41) is 13.0. The van der Waals surface area contributed by atoms with Gasteiger partial charge in [0.25, 0.3) is 0 Å². The van der Waals surface area contributed by atoms with Gasteiger partial charge < -0.3 is 5.32 Å². The Morgan fingerprint density at radius 3 is 2.85 bits per heavy atom. The lowest BCUT2D eigenvalue weighted by atomic mass is 10.3. The maximum absolute atomic E-state index is 13.4. The first-order valence-electron chi connectivity index (χ1n) is 5.62. The van der Waals surface area contributed by atoms with Crippen molar-refractivity contribution in [1.29, 1.82) is 0 Å². The second-order valence-electron chi connectivity index (χ2n) is 3.96. The number of rotatable bonds is 4. The number of benzene rings is 1. The molecule has 0 aliphatic carbocycles. The Bertz CT molecular complexity index is 633. The van der Waals surface area contributed by atoms with Crippen LogP contribution in [0, 0.1) is 11.6 Å². The fourth-order valence-corrected chi connectivity index (χ4v) is 2.12. The largest absolute Gasteiger partial charge is 0.323 e. The van der Waals surface area contributed by atoms with Gasteiger partial charge in [0.1, 0.15) is 11.6 Å². The number of aromatic nitrogens is 4. The Balaban J connectivity index is 2.04. The van der Waals surface area contributed by atoms with Crippen molar-refractivity contribution in [2.24, 2.45) is 7.05 Å². The number of tetrazole rings is 1. The third-order valence-electron chi connectivity index (χ3n) is 2.42. The number of aryl methyl sites for hydroxylation is 1. The molecule has 1 aromatic heterocycles. The predicted molar refractivity (Wildman–Crippen MR) is 69.1 cm³/mol. The number of nitrogens with zero attached hydrogens (tertiary/aromatic N) is 4. The minimum atomic E-state index is -0.697. The van der Waals surface area contributed by atoms with Crippen molar-refractivity contribution in [3.05, 3.63) is 29.8 Å². The molecule has 6 nitrogen and oxygen atoms in total. The summed E-state index contributed by atoms with van der Waals surface area (Å²) in [6, 6.07) is 2.86. The number of hydrogen-bond donors (Lipinski definition) is 1. The topological polar surface area (TPSA) is 72.7 Å². The van der Waals surface area contributed by atoms with Crippen LogP contribution in [-0.4, -0.2) is 31.4 Å². The summed E-state index contributed by atoms with van der Waals surface area (Å²) in [6.45, 7) is 1.62. The molecule has 2 aromatic rings. The van der Waals surface area contributed by atoms with Crippen molar-refractivity contribution in [1.82, 2.24) is 20.2 Å². The Labute approximate surface area is 117 Å². The van der Waals surface area contributed by atoms with Crippen molar-refractivity contribution in [2.45, 2.75) is 17.3 Å². The average molecular weight is 299 g/mol. The normalized spacial score (nSPS) is 12.2. The molecular weight excluding hydrogens is 288 g/mol. The first kappa shape index (κ1) is 14.4. The molecule has 1 aromatic carbocycles. The molecule has 1 N–H and O–H groups in total. The van der Waals surface area contributed by atoms with E-state index in [-0.39, 0.29) is 5.69 Å². The van der Waals surface area contributed by atoms with Crippen LogP contribution in [0.5, 0.6) is 0 Å². The molecule has 2 rings (SSSR count). The Morgan fingerprint density at radius 1 is 1.45 bits per heavy atom. The van der Waals surface area contributed by atoms with Crippen LogP contribution in [0.3, 0.4) is 0 Å². The van der Waals surface area contributed by atoms with Gasteiger partial charge in [-0.1, -0.05) is 11.8 Å². The zero-order valence-corrected chi connectivity index (χ0v) is 11.5. The summed E-state index contributed by atoms with van der Waals surface area (Å²) in [6.07, 6.45) is 0. The molecule has 9 heteroatoms. The van der Waals surface area contributed by atoms with Gasteiger partial charge in [-0.2, -0.15) is 0 Å². The van der Waals surface area contributed by atoms with E-state index in [1.54, 1.807) is 14.0 Å². The van der Waals surface area contributed by atoms with Crippen LogP contribution >= 0.6 is 11.8 Å². The third kappa shape index (κ3) is 3.29. The smallest absolute Gasteiger partial charge is 0.237 e. The summed E-state index contributed by atoms with van der Waals surface area (Å²) in [5.74, 6) is -1.79. The molecule has 0 spiro atoms. The Hall–Kier alpha value is -2.03. The van der Waals surface area contributed by atoms with Crippen LogP contribution in [0.25, 0.3) is 0 Å². The molecule has 1 heterocycles. The van der Waals surface area contributed by atoms with Crippen molar-refractivity contribution < 1.29 is 13.6 Å². The Morgan fingerprint density at radius 2 is 2.20 bits per heavy atom. The van der Waals surface area contributed by atoms with Crippen LogP contribution in [0.2, 0.25) is 0 Å². The molecular formula is C11H11F2N5OS. The van der Waals surface area contributed by atoms with Gasteiger partial charge in [0.2, 0.25) is 11.1 Å². The first-order chi connectivity index (χ1) is 9.47. The van der Waals surface area contributed by atoms with Gasteiger partial charge in [-0.15, -0.1) is 5.10 Å². The van der Waals surface area contributed by atoms with Gasteiger partial charge in [-0.3, -0.25) is 4.79 Å². The predicted octanol–water partition coefficient (Wildman–Crippen LogP) is 1.61. The van der Waals surface area contributed by atoms with Crippen LogP contribution in [0.4, 0.5) is 14.5 Å². The minimum Gasteiger partial charge on any atom is -0.323 e. The van der Waals surface area contributed by atoms with Crippen LogP contribution in [0.15, 0.2) is 23.4 Å². The molecule has 0 aliphatic rings. The molecule has 1 unspecified atom stereocenters. The molecule has 1 atom stereocenters. The van der Waals surface area contributed by atoms with Gasteiger partial charge in [0, 0.05) is 13.1 Å². The molecule has 0 saturated carbocycles. The van der Waals surface area contributed by atoms with E-state index in [9.17, 15) is 13.6 Å². The third-order valence-corrected chi connectivity index (χ3v) is 3.54. The summed E-state index contributed by atoms with van der Waals surface area (Å²) in [7, 11) is 1.64. The highest BCUT2D eigenvalue weighted by molar-refractivity contribution is 8.00. The molecule has 1 amide bonds. The fourth-order valence-electron chi connectivity index (χ4n) is 1.36. The van der Waals surface area contributed by atoms with Crippen molar-refractivity contribution in [3.8, 4) is 0 Å². The van der Waals surface area contributed by atoms with E-state index in [1.165, 1.54) is 4.68 Å². The highest BCUT2D eigenvalue weighted by atomic mass is 32.2. The van der Waals surface area contributed by atoms with E-state index >= 15 is 0 Å². The second kappa shape index (κ2) is 5.95. The van der Waals surface area contributed by atoms with Gasteiger partial charge in [-0.05, 0) is 29.5 Å². The zero-order chi connectivity index (χ0) is 14.7. The van der Waals surface area contributed by atoms with E-state index in [0.29, 0.717) is 5.16 Å². The number of carbonyl (C=O) groups is 1. The lowest BCUT2D eigenvalue weighted by Crippen LogP contribution is -2.23. The molecule has 0 bridgehead atoms. The van der Waals surface area contributed by atoms with Gasteiger partial charge >= 0.3 is 0 Å². The molecule has 106 valence electrons. The number of hydrogen-bond acceptors (Lipinski definition) is 5. The fraction of sp³-hybridized carbons (Fsp3) is 0.273. The number of carbonyl (C=O) groups excluding carboxylic acids is 1. The van der Waals surface area contributed by atoms with Gasteiger partial charge in [0.15, 0.2) is 0 Å². The van der Waals surface area contributed by atoms with Crippen molar-refractivity contribution in [2.75, 3.05) is 5.32 Å². The second-order valence-corrected chi connectivity index (χ2v) is 5.27. The van der Waals surface area contributed by atoms with E-state index in [0.717, 1.165) is 30.0 Å². The first-order valence-corrected chi connectivity index (χ1v) is 6.50. The van der Waals surface area contributed by atoms with E-state index < -0.39 is 22.8 Å². The zero-order valence-electron chi connectivity index (χ0n) is 10.7. The van der Waals surface area contributed by atoms with E-state index in [4.69, 9.17) is 0 Å². The average Bonchev–Trinajstić information content (AvgIpc) is 2.79. The number of amides is 1. The lowest BCUT2D eigenvalue weighted by Gasteiger charge is -2.11. The number of nitrogens with one attached hydrogen (secondary N) is 1. The van der Waals surface area contributed by atoms with Crippen molar-refractivity contribution >= 4 is 23.4 Å². The number of halogens is 2. The van der Waals surface area contributed by atoms with Crippen LogP contribution in [-0.2, 0) is 11.8 Å². The number of anilines is 1. The van der Waals surface area contributed by atoms with Crippen LogP contribution < -0.4 is 5.32 Å². The summed E-state index contributed by atoms with van der Waals surface area (Å²) in [5.41, 5.74) is -0.196. The standard InChI is InChI=1S/C11H11F2N5OS/c1-6(20-11-15-16-17-18(11)2)10(19)14-9-5-7(12)3-4-8(9)13/h3-6H,1-2H3,(H,14,19). The molecule has 0 aliphatic heterocycles. The number of thioether (sulfide) groups is 1.